The number of carbonyl (C=O) groups is 1. The van der Waals surface area contributed by atoms with E-state index in [4.69, 9.17) is 4.74 Å². The third kappa shape index (κ3) is 3.84. The van der Waals surface area contributed by atoms with Gasteiger partial charge in [0, 0.05) is 43.6 Å². The normalized spacial score (nSPS) is 25.2. The van der Waals surface area contributed by atoms with Gasteiger partial charge in [0.25, 0.3) is 0 Å². The molecule has 0 spiro atoms. The Bertz CT molecular complexity index is 1030. The van der Waals surface area contributed by atoms with Crippen LogP contribution in [0.25, 0.3) is 10.9 Å². The number of nitrogens with zero attached hydrogens (tertiary/aromatic N) is 2. The van der Waals surface area contributed by atoms with Crippen LogP contribution in [0.4, 0.5) is 0 Å². The topological polar surface area (TPSA) is 68.6 Å². The van der Waals surface area contributed by atoms with Crippen LogP contribution in [0, 0.1) is 5.92 Å². The lowest BCUT2D eigenvalue weighted by molar-refractivity contribution is -0.136. The monoisotopic (exact) mass is 430 g/mol. The molecule has 2 aliphatic heterocycles. The number of likely N-dealkylation sites (tertiary alicyclic amines) is 1. The van der Waals surface area contributed by atoms with Crippen LogP contribution in [-0.4, -0.2) is 54.5 Å². The molecule has 7 heteroatoms. The van der Waals surface area contributed by atoms with E-state index in [0.717, 1.165) is 18.6 Å². The molecule has 1 aromatic carbocycles. The highest BCUT2D eigenvalue weighted by Gasteiger charge is 2.36. The molecule has 3 fully saturated rings. The van der Waals surface area contributed by atoms with Crippen LogP contribution >= 0.6 is 0 Å². The second-order valence-corrected chi connectivity index (χ2v) is 11.3. The van der Waals surface area contributed by atoms with E-state index in [1.54, 1.807) is 0 Å². The van der Waals surface area contributed by atoms with E-state index in [2.05, 4.69) is 29.0 Å². The van der Waals surface area contributed by atoms with Crippen LogP contribution < -0.4 is 4.74 Å². The molecule has 1 amide bonds. The fourth-order valence-corrected chi connectivity index (χ4v) is 7.12. The number of sulfone groups is 1. The highest BCUT2D eigenvalue weighted by Crippen LogP contribution is 2.36. The lowest BCUT2D eigenvalue weighted by atomic mass is 10.0. The third-order valence-corrected chi connectivity index (χ3v) is 8.84. The molecule has 1 unspecified atom stereocenters. The smallest absolute Gasteiger partial charge is 0.226 e. The van der Waals surface area contributed by atoms with Gasteiger partial charge in [0.2, 0.25) is 5.91 Å². The standard InChI is InChI=1S/C23H30N2O4S/c26-23(17-11-15-30(27,28)16-17)24-12-8-19(9-13-24)29-22-7-3-6-21-20(22)10-14-25(21)18-4-1-2-5-18/h3,6-7,10,14,17-19H,1-2,4-5,8-9,11-13,15-16H2. The van der Waals surface area contributed by atoms with Gasteiger partial charge in [0.1, 0.15) is 11.9 Å². The number of carbonyl (C=O) groups excluding carboxylic acids is 1. The molecule has 5 rings (SSSR count). The van der Waals surface area contributed by atoms with Gasteiger partial charge in [-0.05, 0) is 37.5 Å². The van der Waals surface area contributed by atoms with Crippen molar-refractivity contribution >= 4 is 26.6 Å². The van der Waals surface area contributed by atoms with Gasteiger partial charge in [0.15, 0.2) is 9.84 Å². The second-order valence-electron chi connectivity index (χ2n) is 9.09. The van der Waals surface area contributed by atoms with E-state index >= 15 is 0 Å². The number of amides is 1. The number of piperidine rings is 1. The zero-order valence-electron chi connectivity index (χ0n) is 17.3. The Hall–Kier alpha value is -2.02. The molecule has 0 radical (unpaired) electrons. The lowest BCUT2D eigenvalue weighted by Gasteiger charge is -2.33. The minimum atomic E-state index is -3.03. The third-order valence-electron chi connectivity index (χ3n) is 7.07. The molecule has 1 aliphatic carbocycles. The van der Waals surface area contributed by atoms with Crippen LogP contribution in [0.15, 0.2) is 30.5 Å². The van der Waals surface area contributed by atoms with Crippen molar-refractivity contribution in [3.8, 4) is 5.75 Å². The fourth-order valence-electron chi connectivity index (χ4n) is 5.39. The summed E-state index contributed by atoms with van der Waals surface area (Å²) in [5.74, 6) is 0.744. The predicted octanol–water partition coefficient (Wildman–Crippen LogP) is 3.56. The first-order valence-corrected chi connectivity index (χ1v) is 13.1. The molecular formula is C23H30N2O4S. The lowest BCUT2D eigenvalue weighted by Crippen LogP contribution is -2.44. The van der Waals surface area contributed by atoms with Crippen LogP contribution in [0.1, 0.15) is 51.0 Å². The van der Waals surface area contributed by atoms with E-state index in [-0.39, 0.29) is 29.4 Å². The van der Waals surface area contributed by atoms with Crippen LogP contribution in [0.5, 0.6) is 5.75 Å². The van der Waals surface area contributed by atoms with E-state index in [1.807, 2.05) is 11.0 Å². The van der Waals surface area contributed by atoms with Crippen LogP contribution in [-0.2, 0) is 14.6 Å². The highest BCUT2D eigenvalue weighted by atomic mass is 32.2. The molecule has 162 valence electrons. The van der Waals surface area contributed by atoms with E-state index in [0.29, 0.717) is 25.6 Å². The molecule has 1 aromatic heterocycles. The Morgan fingerprint density at radius 2 is 1.77 bits per heavy atom. The molecule has 0 N–H and O–H groups in total. The number of hydrogen-bond acceptors (Lipinski definition) is 4. The Morgan fingerprint density at radius 1 is 1.00 bits per heavy atom. The summed E-state index contributed by atoms with van der Waals surface area (Å²) >= 11 is 0. The van der Waals surface area contributed by atoms with Gasteiger partial charge in [-0.3, -0.25) is 4.79 Å². The zero-order valence-corrected chi connectivity index (χ0v) is 18.1. The van der Waals surface area contributed by atoms with Crippen LogP contribution in [0.3, 0.4) is 0 Å². The summed E-state index contributed by atoms with van der Waals surface area (Å²) < 4.78 is 32.2. The maximum absolute atomic E-state index is 12.7. The van der Waals surface area contributed by atoms with Gasteiger partial charge in [-0.15, -0.1) is 0 Å². The number of aromatic nitrogens is 1. The van der Waals surface area contributed by atoms with Crippen molar-refractivity contribution in [3.05, 3.63) is 30.5 Å². The quantitative estimate of drug-likeness (QED) is 0.744. The molecule has 2 saturated heterocycles. The van der Waals surface area contributed by atoms with Gasteiger partial charge in [-0.2, -0.15) is 0 Å². The molecule has 6 nitrogen and oxygen atoms in total. The molecule has 2 aromatic rings. The van der Waals surface area contributed by atoms with Crippen molar-refractivity contribution in [3.63, 3.8) is 0 Å². The van der Waals surface area contributed by atoms with E-state index in [1.165, 1.54) is 36.6 Å². The fraction of sp³-hybridized carbons (Fsp3) is 0.609. The number of fused-ring (bicyclic) bond motifs is 1. The summed E-state index contributed by atoms with van der Waals surface area (Å²) in [5, 5.41) is 1.17. The van der Waals surface area contributed by atoms with Crippen molar-refractivity contribution in [2.45, 2.75) is 57.1 Å². The summed E-state index contributed by atoms with van der Waals surface area (Å²) in [4.78, 5) is 14.5. The van der Waals surface area contributed by atoms with Gasteiger partial charge in [0.05, 0.1) is 22.9 Å². The van der Waals surface area contributed by atoms with Crippen molar-refractivity contribution in [1.29, 1.82) is 0 Å². The first kappa shape index (κ1) is 19.9. The number of ether oxygens (including phenoxy) is 1. The van der Waals surface area contributed by atoms with Crippen molar-refractivity contribution in [2.75, 3.05) is 24.6 Å². The zero-order chi connectivity index (χ0) is 20.7. The van der Waals surface area contributed by atoms with Crippen molar-refractivity contribution in [1.82, 2.24) is 9.47 Å². The predicted molar refractivity (Wildman–Crippen MR) is 116 cm³/mol. The van der Waals surface area contributed by atoms with Gasteiger partial charge < -0.3 is 14.2 Å². The maximum atomic E-state index is 12.7. The number of hydrogen-bond donors (Lipinski definition) is 0. The summed E-state index contributed by atoms with van der Waals surface area (Å²) in [6, 6.07) is 9.07. The largest absolute Gasteiger partial charge is 0.490 e. The number of benzene rings is 1. The van der Waals surface area contributed by atoms with E-state index in [9.17, 15) is 13.2 Å². The SMILES string of the molecule is O=C(C1CCS(=O)(=O)C1)N1CCC(Oc2cccc3c2ccn3C2CCCC2)CC1. The Labute approximate surface area is 178 Å². The summed E-state index contributed by atoms with van der Waals surface area (Å²) in [6.07, 6.45) is 9.45. The molecule has 1 saturated carbocycles. The number of rotatable bonds is 4. The van der Waals surface area contributed by atoms with E-state index < -0.39 is 9.84 Å². The Kier molecular flexibility index (Phi) is 5.25. The molecule has 3 heterocycles. The molecular weight excluding hydrogens is 400 g/mol. The molecule has 0 bridgehead atoms. The average Bonchev–Trinajstić information content (AvgIpc) is 3.47. The first-order chi connectivity index (χ1) is 14.5. The van der Waals surface area contributed by atoms with Gasteiger partial charge in [-0.1, -0.05) is 18.9 Å². The van der Waals surface area contributed by atoms with Crippen LogP contribution in [0.2, 0.25) is 0 Å². The average molecular weight is 431 g/mol. The Morgan fingerprint density at radius 3 is 2.47 bits per heavy atom. The minimum Gasteiger partial charge on any atom is -0.490 e. The highest BCUT2D eigenvalue weighted by molar-refractivity contribution is 7.91. The summed E-state index contributed by atoms with van der Waals surface area (Å²) in [5.41, 5.74) is 1.24. The van der Waals surface area contributed by atoms with Gasteiger partial charge in [-0.25, -0.2) is 8.42 Å². The van der Waals surface area contributed by atoms with Gasteiger partial charge >= 0.3 is 0 Å². The van der Waals surface area contributed by atoms with Crippen molar-refractivity contribution < 1.29 is 17.9 Å². The first-order valence-electron chi connectivity index (χ1n) is 11.3. The molecule has 3 aliphatic rings. The second kappa shape index (κ2) is 7.91. The maximum Gasteiger partial charge on any atom is 0.226 e. The Balaban J connectivity index is 1.23. The molecule has 1 atom stereocenters. The summed E-state index contributed by atoms with van der Waals surface area (Å²) in [7, 11) is -3.03. The summed E-state index contributed by atoms with van der Waals surface area (Å²) in [6.45, 7) is 1.28. The molecule has 30 heavy (non-hydrogen) atoms. The minimum absolute atomic E-state index is 0.00488. The van der Waals surface area contributed by atoms with Crippen molar-refractivity contribution in [2.24, 2.45) is 5.92 Å².